The molecule has 19 heteroatoms. The van der Waals surface area contributed by atoms with Crippen molar-refractivity contribution in [2.45, 2.75) is 129 Å². The van der Waals surface area contributed by atoms with Crippen LogP contribution in [0.3, 0.4) is 0 Å². The van der Waals surface area contributed by atoms with E-state index in [1.165, 1.54) is 30.8 Å². The van der Waals surface area contributed by atoms with Gasteiger partial charge < -0.3 is 58.2 Å². The monoisotopic (exact) mass is 913 g/mol. The van der Waals surface area contributed by atoms with Gasteiger partial charge in [-0.05, 0) is 43.6 Å². The number of primary amides is 1. The van der Waals surface area contributed by atoms with Gasteiger partial charge in [-0.1, -0.05) is 53.7 Å². The number of ketones is 1. The smallest absolute Gasteiger partial charge is 0.404 e. The Balaban J connectivity index is 1.57. The molecule has 1 aliphatic rings. The van der Waals surface area contributed by atoms with Gasteiger partial charge in [0, 0.05) is 64.0 Å². The molecule has 0 spiro atoms. The summed E-state index contributed by atoms with van der Waals surface area (Å²) in [7, 11) is 4.70. The number of hydrogen-bond donors (Lipinski definition) is 4. The van der Waals surface area contributed by atoms with Gasteiger partial charge in [0.1, 0.15) is 48.6 Å². The standard InChI is InChI=1S/C46H67N5O14/c1-25-17-31(64-46(47)58)19-41(56)65-39(20-38(59-8)26(2)13-14-36(54)30(6)43(60-9)27(3)15-16-51(7)24-52)28(4)35(53)11-10-12-40-48-33(22-61-40)44-50-34(23-63-44)45-49-32(21-62-45)42(57)29(5)37(55)18-25/h10,12,15-16,21-31,35,37-39,42-43,53,55,57H,11,13-14,17-20H2,1-9H3,(H2,47,58)/b12-10+,16-15+/t25-,26-,27+,28+,29-,30-,31-,35-,37-,38-,39-,42+,43+/m0/s1. The summed E-state index contributed by atoms with van der Waals surface area (Å²) < 4.78 is 39.9. The van der Waals surface area contributed by atoms with E-state index in [1.54, 1.807) is 53.3 Å². The molecule has 1 aliphatic heterocycles. The van der Waals surface area contributed by atoms with E-state index < -0.39 is 72.5 Å². The average Bonchev–Trinajstić information content (AvgIpc) is 4.07. The highest BCUT2D eigenvalue weighted by molar-refractivity contribution is 5.81. The van der Waals surface area contributed by atoms with Crippen LogP contribution in [0, 0.1) is 35.5 Å². The Morgan fingerprint density at radius 1 is 0.938 bits per heavy atom. The van der Waals surface area contributed by atoms with E-state index in [-0.39, 0.29) is 96.8 Å². The summed E-state index contributed by atoms with van der Waals surface area (Å²) in [6.45, 7) is 10.9. The predicted molar refractivity (Wildman–Crippen MR) is 235 cm³/mol. The van der Waals surface area contributed by atoms with Crippen LogP contribution < -0.4 is 5.73 Å². The number of methoxy groups -OCH3 is 2. The zero-order valence-electron chi connectivity index (χ0n) is 38.8. The van der Waals surface area contributed by atoms with Crippen molar-refractivity contribution in [2.75, 3.05) is 21.3 Å². The summed E-state index contributed by atoms with van der Waals surface area (Å²) >= 11 is 0. The topological polar surface area (TPSA) is 273 Å². The van der Waals surface area contributed by atoms with Crippen molar-refractivity contribution in [2.24, 2.45) is 41.2 Å². The fraction of sp³-hybridized carbons (Fsp3) is 0.630. The number of ether oxygens (including phenoxy) is 4. The van der Waals surface area contributed by atoms with Crippen molar-refractivity contribution < 1.29 is 66.7 Å². The third-order valence-corrected chi connectivity index (χ3v) is 12.3. The number of carbonyl (C=O) groups is 4. The van der Waals surface area contributed by atoms with E-state index >= 15 is 0 Å². The number of rotatable bonds is 15. The van der Waals surface area contributed by atoms with E-state index in [0.29, 0.717) is 12.8 Å². The van der Waals surface area contributed by atoms with Gasteiger partial charge in [-0.3, -0.25) is 14.4 Å². The van der Waals surface area contributed by atoms with Crippen molar-refractivity contribution in [3.8, 4) is 23.2 Å². The highest BCUT2D eigenvalue weighted by Gasteiger charge is 2.35. The van der Waals surface area contributed by atoms with Crippen LogP contribution in [0.2, 0.25) is 0 Å². The molecule has 0 aliphatic carbocycles. The van der Waals surface area contributed by atoms with Gasteiger partial charge in [-0.25, -0.2) is 19.7 Å². The van der Waals surface area contributed by atoms with E-state index in [9.17, 15) is 34.5 Å². The molecule has 0 saturated carbocycles. The Bertz CT molecular complexity index is 2030. The van der Waals surface area contributed by atoms with Crippen LogP contribution in [0.5, 0.6) is 0 Å². The van der Waals surface area contributed by atoms with Crippen LogP contribution in [0.25, 0.3) is 29.2 Å². The number of aliphatic hydroxyl groups excluding tert-OH is 3. The molecule has 0 saturated heterocycles. The molecule has 19 nitrogen and oxygen atoms in total. The molecule has 3 aromatic heterocycles. The van der Waals surface area contributed by atoms with Crippen LogP contribution >= 0.6 is 0 Å². The number of nitrogens with zero attached hydrogens (tertiary/aromatic N) is 4. The lowest BCUT2D eigenvalue weighted by Gasteiger charge is -2.33. The van der Waals surface area contributed by atoms with Crippen molar-refractivity contribution >= 4 is 30.3 Å². The quantitative estimate of drug-likeness (QED) is 0.102. The van der Waals surface area contributed by atoms with Gasteiger partial charge >= 0.3 is 12.1 Å². The Kier molecular flexibility index (Phi) is 20.1. The van der Waals surface area contributed by atoms with Crippen molar-refractivity contribution in [1.82, 2.24) is 19.9 Å². The van der Waals surface area contributed by atoms with E-state index in [4.69, 9.17) is 37.9 Å². The van der Waals surface area contributed by atoms with Gasteiger partial charge in [-0.2, -0.15) is 0 Å². The van der Waals surface area contributed by atoms with Gasteiger partial charge in [0.05, 0.1) is 30.8 Å². The molecule has 65 heavy (non-hydrogen) atoms. The molecule has 0 unspecified atom stereocenters. The number of nitrogens with two attached hydrogens (primary N) is 1. The van der Waals surface area contributed by atoms with E-state index in [0.717, 1.165) is 0 Å². The summed E-state index contributed by atoms with van der Waals surface area (Å²) in [4.78, 5) is 64.9. The number of oxazole rings is 3. The average molecular weight is 914 g/mol. The lowest BCUT2D eigenvalue weighted by molar-refractivity contribution is -0.159. The van der Waals surface area contributed by atoms with Crippen molar-refractivity contribution in [3.63, 3.8) is 0 Å². The molecule has 0 radical (unpaired) electrons. The summed E-state index contributed by atoms with van der Waals surface area (Å²) in [6.07, 6.45) is 4.84. The third kappa shape index (κ3) is 15.2. The maximum Gasteiger partial charge on any atom is 0.404 e. The van der Waals surface area contributed by atoms with Crippen LogP contribution in [-0.4, -0.2) is 117 Å². The summed E-state index contributed by atoms with van der Waals surface area (Å²) in [5.74, 6) is -2.86. The highest BCUT2D eigenvalue weighted by atomic mass is 16.6. The Labute approximate surface area is 379 Å². The number of carbonyl (C=O) groups excluding carboxylic acids is 4. The number of amides is 2. The maximum atomic E-state index is 13.8. The molecular weight excluding hydrogens is 847 g/mol. The highest BCUT2D eigenvalue weighted by Crippen LogP contribution is 2.33. The molecule has 13 atom stereocenters. The van der Waals surface area contributed by atoms with Gasteiger partial charge in [0.25, 0.3) is 0 Å². The van der Waals surface area contributed by atoms with E-state index in [1.807, 2.05) is 26.8 Å². The Morgan fingerprint density at radius 3 is 2.29 bits per heavy atom. The number of esters is 1. The van der Waals surface area contributed by atoms with Crippen LogP contribution in [-0.2, 0) is 33.3 Å². The number of aliphatic hydroxyl groups is 3. The minimum Gasteiger partial charge on any atom is -0.462 e. The SMILES string of the molecule is CO[C@H]([C@H](C)/C=C/N(C)C=O)[C@@H](C)C(=O)CC[C@H](C)[C@H](C[C@@H]1OC(=O)C[C@@H](OC(N)=O)C[C@H](C)C[C@H](O)[C@H](C)[C@@H](O)c2coc(n2)-c2coc(n2)-c2coc(n2)/C=C/C[C@H](O)[C@H]1C)OC. The maximum absolute atomic E-state index is 13.8. The molecule has 5 N–H and O–H groups in total. The van der Waals surface area contributed by atoms with Crippen molar-refractivity contribution in [3.05, 3.63) is 48.7 Å². The normalized spacial score (nSPS) is 26.7. The van der Waals surface area contributed by atoms with Crippen LogP contribution in [0.4, 0.5) is 4.79 Å². The first-order valence-electron chi connectivity index (χ1n) is 22.0. The summed E-state index contributed by atoms with van der Waals surface area (Å²) in [5.41, 5.74) is 6.10. The predicted octanol–water partition coefficient (Wildman–Crippen LogP) is 5.89. The Hall–Kier alpha value is -5.21. The minimum absolute atomic E-state index is 0.00968. The molecule has 0 aromatic carbocycles. The second kappa shape index (κ2) is 24.9. The molecule has 4 rings (SSSR count). The van der Waals surface area contributed by atoms with Gasteiger partial charge in [-0.15, -0.1) is 0 Å². The van der Waals surface area contributed by atoms with Crippen LogP contribution in [0.15, 0.2) is 50.4 Å². The molecule has 3 aromatic rings. The first-order valence-corrected chi connectivity index (χ1v) is 22.0. The number of aromatic nitrogens is 3. The summed E-state index contributed by atoms with van der Waals surface area (Å²) in [6, 6.07) is 0. The summed E-state index contributed by atoms with van der Waals surface area (Å²) in [5, 5.41) is 33.9. The number of cyclic esters (lactones) is 1. The minimum atomic E-state index is -1.23. The van der Waals surface area contributed by atoms with Crippen LogP contribution in [0.1, 0.15) is 104 Å². The fourth-order valence-electron chi connectivity index (χ4n) is 8.07. The second-order valence-electron chi connectivity index (χ2n) is 17.4. The van der Waals surface area contributed by atoms with Crippen molar-refractivity contribution in [1.29, 1.82) is 0 Å². The fourth-order valence-corrected chi connectivity index (χ4v) is 8.07. The Morgan fingerprint density at radius 2 is 1.62 bits per heavy atom. The lowest BCUT2D eigenvalue weighted by Crippen LogP contribution is -2.39. The van der Waals surface area contributed by atoms with Gasteiger partial charge in [0.2, 0.25) is 24.1 Å². The molecule has 0 fully saturated rings. The first kappa shape index (κ1) is 52.4. The molecular formula is C46H67N5O14. The third-order valence-electron chi connectivity index (χ3n) is 12.3. The molecule has 2 amide bonds. The van der Waals surface area contributed by atoms with Gasteiger partial charge in [0.15, 0.2) is 11.4 Å². The number of hydrogen-bond acceptors (Lipinski definition) is 17. The number of Topliss-reactive ketones (excluding diaryl/α,β-unsaturated/α-hetero) is 1. The molecule has 6 bridgehead atoms. The van der Waals surface area contributed by atoms with E-state index in [2.05, 4.69) is 15.0 Å². The zero-order valence-corrected chi connectivity index (χ0v) is 38.8. The largest absolute Gasteiger partial charge is 0.462 e. The molecule has 4 heterocycles. The first-order chi connectivity index (χ1) is 30.8. The number of fused-ring (bicyclic) bond motifs is 8. The lowest BCUT2D eigenvalue weighted by atomic mass is 9.84. The molecule has 360 valence electrons. The second-order valence-corrected chi connectivity index (χ2v) is 17.4. The zero-order chi connectivity index (χ0) is 48.0.